The highest BCUT2D eigenvalue weighted by molar-refractivity contribution is 5.93. The number of carbonyl (C=O) groups is 1. The quantitative estimate of drug-likeness (QED) is 0.906. The normalized spacial score (nSPS) is 17.4. The van der Waals surface area contributed by atoms with Gasteiger partial charge in [-0.25, -0.2) is 0 Å². The van der Waals surface area contributed by atoms with Gasteiger partial charge in [0.15, 0.2) is 0 Å². The average Bonchev–Trinajstić information content (AvgIpc) is 3.03. The number of rotatable bonds is 4. The van der Waals surface area contributed by atoms with Crippen molar-refractivity contribution in [2.24, 2.45) is 5.92 Å². The van der Waals surface area contributed by atoms with Crippen LogP contribution in [0.3, 0.4) is 0 Å². The zero-order chi connectivity index (χ0) is 14.5. The van der Waals surface area contributed by atoms with Gasteiger partial charge in [-0.15, -0.1) is 0 Å². The average molecular weight is 282 g/mol. The van der Waals surface area contributed by atoms with Crippen LogP contribution in [-0.2, 0) is 4.79 Å². The van der Waals surface area contributed by atoms with Gasteiger partial charge in [0.05, 0.1) is 5.92 Å². The third-order valence-electron chi connectivity index (χ3n) is 3.51. The predicted molar refractivity (Wildman–Crippen MR) is 82.6 cm³/mol. The van der Waals surface area contributed by atoms with E-state index in [9.17, 15) is 4.79 Å². The van der Waals surface area contributed by atoms with Crippen molar-refractivity contribution in [3.05, 3.63) is 54.6 Å². The van der Waals surface area contributed by atoms with Gasteiger partial charge in [0, 0.05) is 18.3 Å². The number of para-hydroxylation sites is 1. The molecule has 4 heteroatoms. The number of ether oxygens (including phenoxy) is 1. The van der Waals surface area contributed by atoms with E-state index >= 15 is 0 Å². The van der Waals surface area contributed by atoms with Gasteiger partial charge in [0.25, 0.3) is 0 Å². The Morgan fingerprint density at radius 1 is 1.10 bits per heavy atom. The zero-order valence-corrected chi connectivity index (χ0v) is 11.7. The smallest absolute Gasteiger partial charge is 0.228 e. The Morgan fingerprint density at radius 2 is 1.90 bits per heavy atom. The predicted octanol–water partition coefficient (Wildman–Crippen LogP) is 3.03. The molecule has 0 aliphatic carbocycles. The van der Waals surface area contributed by atoms with Gasteiger partial charge < -0.3 is 15.4 Å². The molecule has 0 spiro atoms. The lowest BCUT2D eigenvalue weighted by Gasteiger charge is -2.11. The van der Waals surface area contributed by atoms with Crippen molar-refractivity contribution in [2.75, 3.05) is 18.4 Å². The molecule has 1 fully saturated rings. The molecular formula is C17H18N2O2. The maximum atomic E-state index is 12.1. The van der Waals surface area contributed by atoms with Gasteiger partial charge in [-0.1, -0.05) is 24.3 Å². The third-order valence-corrected chi connectivity index (χ3v) is 3.51. The van der Waals surface area contributed by atoms with Gasteiger partial charge in [-0.3, -0.25) is 4.79 Å². The van der Waals surface area contributed by atoms with Crippen LogP contribution < -0.4 is 15.4 Å². The summed E-state index contributed by atoms with van der Waals surface area (Å²) in [6.45, 7) is 1.67. The van der Waals surface area contributed by atoms with Crippen LogP contribution in [0.1, 0.15) is 6.42 Å². The second kappa shape index (κ2) is 6.41. The maximum Gasteiger partial charge on any atom is 0.228 e. The SMILES string of the molecule is O=C(Nc1cccc(Oc2ccccc2)c1)C1CCNC1. The van der Waals surface area contributed by atoms with Crippen LogP contribution >= 0.6 is 0 Å². The fourth-order valence-electron chi connectivity index (χ4n) is 2.38. The molecular weight excluding hydrogens is 264 g/mol. The second-order valence-corrected chi connectivity index (χ2v) is 5.12. The van der Waals surface area contributed by atoms with Crippen LogP contribution in [0, 0.1) is 5.92 Å². The molecule has 2 aromatic rings. The summed E-state index contributed by atoms with van der Waals surface area (Å²) in [5, 5.41) is 6.15. The number of nitrogens with one attached hydrogen (secondary N) is 2. The van der Waals surface area contributed by atoms with Crippen LogP contribution in [0.2, 0.25) is 0 Å². The molecule has 21 heavy (non-hydrogen) atoms. The monoisotopic (exact) mass is 282 g/mol. The third kappa shape index (κ3) is 3.61. The lowest BCUT2D eigenvalue weighted by molar-refractivity contribution is -0.119. The van der Waals surface area contributed by atoms with Crippen molar-refractivity contribution in [2.45, 2.75) is 6.42 Å². The molecule has 2 aromatic carbocycles. The topological polar surface area (TPSA) is 50.4 Å². The Kier molecular flexibility index (Phi) is 4.17. The number of hydrogen-bond acceptors (Lipinski definition) is 3. The molecule has 1 amide bonds. The minimum absolute atomic E-state index is 0.0590. The van der Waals surface area contributed by atoms with Crippen LogP contribution in [0.4, 0.5) is 5.69 Å². The van der Waals surface area contributed by atoms with Crippen molar-refractivity contribution in [1.82, 2.24) is 5.32 Å². The van der Waals surface area contributed by atoms with Crippen molar-refractivity contribution in [3.8, 4) is 11.5 Å². The number of hydrogen-bond donors (Lipinski definition) is 2. The highest BCUT2D eigenvalue weighted by Crippen LogP contribution is 2.24. The second-order valence-electron chi connectivity index (χ2n) is 5.12. The molecule has 1 aliphatic rings. The summed E-state index contributed by atoms with van der Waals surface area (Å²) >= 11 is 0. The maximum absolute atomic E-state index is 12.1. The Bertz CT molecular complexity index is 607. The van der Waals surface area contributed by atoms with Crippen molar-refractivity contribution in [3.63, 3.8) is 0 Å². The molecule has 0 aromatic heterocycles. The minimum atomic E-state index is 0.0590. The van der Waals surface area contributed by atoms with Crippen molar-refractivity contribution >= 4 is 11.6 Å². The van der Waals surface area contributed by atoms with Crippen LogP contribution in [0.25, 0.3) is 0 Å². The fraction of sp³-hybridized carbons (Fsp3) is 0.235. The molecule has 3 rings (SSSR count). The first-order chi connectivity index (χ1) is 10.3. The molecule has 4 nitrogen and oxygen atoms in total. The molecule has 1 unspecified atom stereocenters. The van der Waals surface area contributed by atoms with E-state index in [0.29, 0.717) is 5.75 Å². The lowest BCUT2D eigenvalue weighted by Crippen LogP contribution is -2.24. The molecule has 108 valence electrons. The van der Waals surface area contributed by atoms with E-state index in [0.717, 1.165) is 30.9 Å². The molecule has 2 N–H and O–H groups in total. The number of carbonyl (C=O) groups excluding carboxylic acids is 1. The Labute approximate surface area is 124 Å². The molecule has 0 saturated carbocycles. The first kappa shape index (κ1) is 13.6. The summed E-state index contributed by atoms with van der Waals surface area (Å²) in [5.41, 5.74) is 0.764. The summed E-state index contributed by atoms with van der Waals surface area (Å²) in [6, 6.07) is 17.1. The number of amides is 1. The molecule has 0 bridgehead atoms. The molecule has 0 radical (unpaired) electrons. The van der Waals surface area contributed by atoms with Gasteiger partial charge in [0.2, 0.25) is 5.91 Å². The summed E-state index contributed by atoms with van der Waals surface area (Å²) in [4.78, 5) is 12.1. The van der Waals surface area contributed by atoms with Crippen molar-refractivity contribution in [1.29, 1.82) is 0 Å². The van der Waals surface area contributed by atoms with E-state index in [1.54, 1.807) is 0 Å². The zero-order valence-electron chi connectivity index (χ0n) is 11.7. The lowest BCUT2D eigenvalue weighted by atomic mass is 10.1. The van der Waals surface area contributed by atoms with Crippen LogP contribution in [-0.4, -0.2) is 19.0 Å². The number of benzene rings is 2. The summed E-state index contributed by atoms with van der Waals surface area (Å²) < 4.78 is 5.76. The Morgan fingerprint density at radius 3 is 2.67 bits per heavy atom. The van der Waals surface area contributed by atoms with Crippen molar-refractivity contribution < 1.29 is 9.53 Å². The van der Waals surface area contributed by atoms with Gasteiger partial charge in [-0.2, -0.15) is 0 Å². The first-order valence-electron chi connectivity index (χ1n) is 7.16. The van der Waals surface area contributed by atoms with Gasteiger partial charge in [0.1, 0.15) is 11.5 Å². The first-order valence-corrected chi connectivity index (χ1v) is 7.16. The molecule has 1 heterocycles. The Hall–Kier alpha value is -2.33. The van der Waals surface area contributed by atoms with E-state index in [1.807, 2.05) is 54.6 Å². The highest BCUT2D eigenvalue weighted by Gasteiger charge is 2.22. The van der Waals surface area contributed by atoms with Gasteiger partial charge >= 0.3 is 0 Å². The van der Waals surface area contributed by atoms with E-state index in [-0.39, 0.29) is 11.8 Å². The number of anilines is 1. The molecule has 1 aliphatic heterocycles. The summed E-state index contributed by atoms with van der Waals surface area (Å²) in [7, 11) is 0. The minimum Gasteiger partial charge on any atom is -0.457 e. The molecule has 1 saturated heterocycles. The molecule has 1 atom stereocenters. The Balaban J connectivity index is 1.66. The van der Waals surface area contributed by atoms with E-state index in [4.69, 9.17) is 4.74 Å². The summed E-state index contributed by atoms with van der Waals surface area (Å²) in [6.07, 6.45) is 0.895. The van der Waals surface area contributed by atoms with E-state index in [2.05, 4.69) is 10.6 Å². The largest absolute Gasteiger partial charge is 0.457 e. The summed E-state index contributed by atoms with van der Waals surface area (Å²) in [5.74, 6) is 1.62. The van der Waals surface area contributed by atoms with Crippen LogP contribution in [0.5, 0.6) is 11.5 Å². The highest BCUT2D eigenvalue weighted by atomic mass is 16.5. The van der Waals surface area contributed by atoms with Gasteiger partial charge in [-0.05, 0) is 37.2 Å². The fourth-order valence-corrected chi connectivity index (χ4v) is 2.38. The van der Waals surface area contributed by atoms with E-state index < -0.39 is 0 Å². The van der Waals surface area contributed by atoms with Crippen LogP contribution in [0.15, 0.2) is 54.6 Å². The standard InChI is InChI=1S/C17H18N2O2/c20-17(13-9-10-18-12-13)19-14-5-4-8-16(11-14)21-15-6-2-1-3-7-15/h1-8,11,13,18H,9-10,12H2,(H,19,20). The van der Waals surface area contributed by atoms with E-state index in [1.165, 1.54) is 0 Å².